The summed E-state index contributed by atoms with van der Waals surface area (Å²) in [6.45, 7) is 7.02. The molecule has 31 heavy (non-hydrogen) atoms. The molecule has 0 fully saturated rings. The van der Waals surface area contributed by atoms with Gasteiger partial charge in [0.15, 0.2) is 0 Å². The standard InChI is InChI=1S/C16H15O2.3C4H9.Sn/c1-17-15-11-8-13(9-12-15)7-10-14-5-3-4-6-16(14)18-2;3*1-3-4-2;/h3-9,11-12H,1-2H3;3*1,3-4H2,2H3;. The molecule has 2 aromatic carbocycles. The molecule has 0 bridgehead atoms. The predicted molar refractivity (Wildman–Crippen MR) is 139 cm³/mol. The normalized spacial score (nSPS) is 12.1. The molecule has 0 heterocycles. The fourth-order valence-corrected chi connectivity index (χ4v) is 21.4. The van der Waals surface area contributed by atoms with Crippen molar-refractivity contribution in [2.45, 2.75) is 72.6 Å². The molecule has 0 saturated heterocycles. The van der Waals surface area contributed by atoms with Crippen LogP contribution >= 0.6 is 0 Å². The van der Waals surface area contributed by atoms with Gasteiger partial charge in [-0.25, -0.2) is 0 Å². The molecule has 0 N–H and O–H groups in total. The van der Waals surface area contributed by atoms with Gasteiger partial charge >= 0.3 is 195 Å². The minimum atomic E-state index is -2.70. The van der Waals surface area contributed by atoms with E-state index in [1.807, 2.05) is 7.11 Å². The van der Waals surface area contributed by atoms with Gasteiger partial charge in [0.2, 0.25) is 0 Å². The molecule has 0 saturated carbocycles. The maximum absolute atomic E-state index is 5.88. The first-order valence-corrected chi connectivity index (χ1v) is 19.6. The molecular formula is C28H42O2Sn. The average Bonchev–Trinajstić information content (AvgIpc) is 2.83. The van der Waals surface area contributed by atoms with E-state index in [9.17, 15) is 0 Å². The summed E-state index contributed by atoms with van der Waals surface area (Å²) in [6, 6.07) is 17.2. The Labute approximate surface area is 194 Å². The molecule has 2 aromatic rings. The molecule has 3 heteroatoms. The van der Waals surface area contributed by atoms with Crippen molar-refractivity contribution in [2.75, 3.05) is 14.2 Å². The minimum absolute atomic E-state index is 0.911. The molecule has 2 rings (SSSR count). The van der Waals surface area contributed by atoms with Crippen LogP contribution in [0.1, 0.15) is 70.4 Å². The molecule has 0 aliphatic rings. The van der Waals surface area contributed by atoms with E-state index in [4.69, 9.17) is 9.47 Å². The van der Waals surface area contributed by atoms with Crippen LogP contribution in [-0.2, 0) is 0 Å². The zero-order valence-corrected chi connectivity index (χ0v) is 23.2. The van der Waals surface area contributed by atoms with Gasteiger partial charge < -0.3 is 0 Å². The second kappa shape index (κ2) is 13.9. The quantitative estimate of drug-likeness (QED) is 0.180. The van der Waals surface area contributed by atoms with E-state index in [-0.39, 0.29) is 0 Å². The maximum atomic E-state index is 5.88. The van der Waals surface area contributed by atoms with Crippen LogP contribution in [0.25, 0.3) is 9.67 Å². The number of unbranched alkanes of at least 4 members (excludes halogenated alkanes) is 3. The molecule has 2 nitrogen and oxygen atoms in total. The summed E-state index contributed by atoms with van der Waals surface area (Å²) in [7, 11) is 3.54. The summed E-state index contributed by atoms with van der Waals surface area (Å²) >= 11 is -2.70. The van der Waals surface area contributed by atoms with Gasteiger partial charge in [-0.3, -0.25) is 0 Å². The van der Waals surface area contributed by atoms with Gasteiger partial charge in [0.1, 0.15) is 0 Å². The van der Waals surface area contributed by atoms with Crippen molar-refractivity contribution in [2.24, 2.45) is 0 Å². The van der Waals surface area contributed by atoms with Crippen molar-refractivity contribution >= 4 is 28.0 Å². The van der Waals surface area contributed by atoms with Crippen LogP contribution in [0.4, 0.5) is 0 Å². The molecule has 170 valence electrons. The molecule has 0 aliphatic carbocycles. The van der Waals surface area contributed by atoms with Gasteiger partial charge in [-0.15, -0.1) is 0 Å². The fraction of sp³-hybridized carbons (Fsp3) is 0.500. The fourth-order valence-electron chi connectivity index (χ4n) is 4.57. The summed E-state index contributed by atoms with van der Waals surface area (Å²) < 4.78 is 17.2. The number of para-hydroxylation sites is 1. The Bertz CT molecular complexity index is 773. The van der Waals surface area contributed by atoms with E-state index in [2.05, 4.69) is 75.4 Å². The van der Waals surface area contributed by atoms with E-state index in [1.165, 1.54) is 63.0 Å². The summed E-state index contributed by atoms with van der Waals surface area (Å²) in [4.78, 5) is 0. The Morgan fingerprint density at radius 3 is 1.77 bits per heavy atom. The van der Waals surface area contributed by atoms with Crippen molar-refractivity contribution in [3.8, 4) is 11.5 Å². The van der Waals surface area contributed by atoms with Gasteiger partial charge in [0.25, 0.3) is 0 Å². The number of hydrogen-bond donors (Lipinski definition) is 0. The SMILES string of the molecule is CCC[CH2][Sn]([CH2]CCC)([CH2]CCC)/[C](=C\c1ccc(OC)cc1)c1ccccc1OC. The Morgan fingerprint density at radius 2 is 1.29 bits per heavy atom. The van der Waals surface area contributed by atoms with E-state index in [0.717, 1.165) is 11.5 Å². The van der Waals surface area contributed by atoms with Crippen LogP contribution in [0.3, 0.4) is 0 Å². The van der Waals surface area contributed by atoms with Crippen molar-refractivity contribution in [1.82, 2.24) is 0 Å². The van der Waals surface area contributed by atoms with Gasteiger partial charge in [0, 0.05) is 0 Å². The van der Waals surface area contributed by atoms with E-state index >= 15 is 0 Å². The second-order valence-electron chi connectivity index (χ2n) is 8.62. The van der Waals surface area contributed by atoms with Crippen molar-refractivity contribution < 1.29 is 9.47 Å². The Balaban J connectivity index is 2.70. The first kappa shape index (κ1) is 25.8. The van der Waals surface area contributed by atoms with Crippen LogP contribution in [-0.4, -0.2) is 32.6 Å². The van der Waals surface area contributed by atoms with Crippen LogP contribution in [0, 0.1) is 0 Å². The molecule has 0 amide bonds. The first-order chi connectivity index (χ1) is 15.1. The van der Waals surface area contributed by atoms with Gasteiger partial charge in [-0.2, -0.15) is 0 Å². The van der Waals surface area contributed by atoms with E-state index < -0.39 is 18.4 Å². The number of hydrogen-bond acceptors (Lipinski definition) is 2. The molecule has 0 aromatic heterocycles. The zero-order valence-electron chi connectivity index (χ0n) is 20.4. The summed E-state index contributed by atoms with van der Waals surface area (Å²) in [5, 5.41) is 0. The molecule has 0 spiro atoms. The van der Waals surface area contributed by atoms with Crippen LogP contribution in [0.5, 0.6) is 11.5 Å². The Kier molecular flexibility index (Phi) is 11.6. The van der Waals surface area contributed by atoms with Gasteiger partial charge in [-0.05, 0) is 0 Å². The molecule has 0 unspecified atom stereocenters. The topological polar surface area (TPSA) is 18.5 Å². The van der Waals surface area contributed by atoms with Crippen molar-refractivity contribution in [3.63, 3.8) is 0 Å². The monoisotopic (exact) mass is 530 g/mol. The number of ether oxygens (including phenoxy) is 2. The van der Waals surface area contributed by atoms with Crippen molar-refractivity contribution in [3.05, 3.63) is 59.7 Å². The first-order valence-electron chi connectivity index (χ1n) is 12.1. The summed E-state index contributed by atoms with van der Waals surface area (Å²) in [5.41, 5.74) is 2.60. The average molecular weight is 529 g/mol. The third kappa shape index (κ3) is 7.30. The predicted octanol–water partition coefficient (Wildman–Crippen LogP) is 8.63. The molecule has 0 radical (unpaired) electrons. The third-order valence-electron chi connectivity index (χ3n) is 6.42. The number of methoxy groups -OCH3 is 2. The molecule has 0 aliphatic heterocycles. The third-order valence-corrected chi connectivity index (χ3v) is 22.1. The van der Waals surface area contributed by atoms with Crippen LogP contribution in [0.2, 0.25) is 13.3 Å². The molecule has 0 atom stereocenters. The van der Waals surface area contributed by atoms with E-state index in [1.54, 1.807) is 10.7 Å². The number of rotatable bonds is 14. The Hall–Kier alpha value is -1.42. The Morgan fingerprint density at radius 1 is 0.742 bits per heavy atom. The second-order valence-corrected chi connectivity index (χ2v) is 21.7. The zero-order chi connectivity index (χ0) is 22.5. The van der Waals surface area contributed by atoms with Crippen LogP contribution in [0.15, 0.2) is 48.5 Å². The molecular weight excluding hydrogens is 487 g/mol. The van der Waals surface area contributed by atoms with Gasteiger partial charge in [0.05, 0.1) is 0 Å². The summed E-state index contributed by atoms with van der Waals surface area (Å²) in [6.07, 6.45) is 10.4. The summed E-state index contributed by atoms with van der Waals surface area (Å²) in [5.74, 6) is 1.93. The van der Waals surface area contributed by atoms with Crippen molar-refractivity contribution in [1.29, 1.82) is 0 Å². The van der Waals surface area contributed by atoms with Crippen LogP contribution < -0.4 is 9.47 Å². The van der Waals surface area contributed by atoms with E-state index in [0.29, 0.717) is 0 Å². The number of benzene rings is 2. The van der Waals surface area contributed by atoms with Gasteiger partial charge in [-0.1, -0.05) is 0 Å².